The highest BCUT2D eigenvalue weighted by molar-refractivity contribution is 7.71. The molecule has 3 aromatic rings. The number of aromatic nitrogens is 3. The zero-order chi connectivity index (χ0) is 21.6. The molecule has 4 rings (SSSR count). The number of anilines is 1. The van der Waals surface area contributed by atoms with Crippen molar-refractivity contribution in [1.29, 1.82) is 5.26 Å². The first-order valence-electron chi connectivity index (χ1n) is 9.77. The minimum atomic E-state index is -2.71. The van der Waals surface area contributed by atoms with Gasteiger partial charge in [-0.1, -0.05) is 23.8 Å². The summed E-state index contributed by atoms with van der Waals surface area (Å²) < 4.78 is 21.6. The molecule has 0 radical (unpaired) electrons. The number of ether oxygens (including phenoxy) is 1. The number of nitrogens with two attached hydrogens (primary N) is 1. The third kappa shape index (κ3) is 3.38. The van der Waals surface area contributed by atoms with Gasteiger partial charge in [-0.3, -0.25) is 4.68 Å². The van der Waals surface area contributed by atoms with E-state index in [-0.39, 0.29) is 11.9 Å². The lowest BCUT2D eigenvalue weighted by molar-refractivity contribution is 0.228. The van der Waals surface area contributed by atoms with Gasteiger partial charge in [0.05, 0.1) is 5.69 Å². The van der Waals surface area contributed by atoms with Gasteiger partial charge in [-0.2, -0.15) is 10.4 Å². The van der Waals surface area contributed by atoms with Gasteiger partial charge < -0.3 is 15.0 Å². The highest BCUT2D eigenvalue weighted by Gasteiger charge is 2.28. The minimum absolute atomic E-state index is 0.264. The molecule has 1 aliphatic rings. The summed E-state index contributed by atoms with van der Waals surface area (Å²) in [7, 11) is -0.980. The van der Waals surface area contributed by atoms with Crippen LogP contribution in [-0.4, -0.2) is 27.6 Å². The standard InChI is InChI=1S/C22H24N5O2P/c1-13-5-6-20-16(9-13)14(2)29-19-10-15(12-25-22(19)24)21-17(7-8-30(20,4)28)26-27(3)18(21)11-23/h5-6,9-10,12,14H,7-8H2,1-4H3,(H2,24,25)/t14-,30?/m1/s1. The normalized spacial score (nSPS) is 20.7. The Hall–Kier alpha value is -3.10. The summed E-state index contributed by atoms with van der Waals surface area (Å²) in [6.45, 7) is 5.73. The van der Waals surface area contributed by atoms with E-state index in [1.54, 1.807) is 17.9 Å². The number of nitrogens with zero attached hydrogens (tertiary/aromatic N) is 4. The Morgan fingerprint density at radius 3 is 2.87 bits per heavy atom. The number of hydrogen-bond donors (Lipinski definition) is 1. The molecule has 2 aromatic heterocycles. The molecular weight excluding hydrogens is 397 g/mol. The van der Waals surface area contributed by atoms with Gasteiger partial charge in [-0.25, -0.2) is 4.98 Å². The average molecular weight is 421 g/mol. The monoisotopic (exact) mass is 421 g/mol. The first-order chi connectivity index (χ1) is 14.2. The molecule has 2 bridgehead atoms. The summed E-state index contributed by atoms with van der Waals surface area (Å²) in [6.07, 6.45) is 2.19. The summed E-state index contributed by atoms with van der Waals surface area (Å²) >= 11 is 0. The topological polar surface area (TPSA) is 107 Å². The second kappa shape index (κ2) is 7.30. The fourth-order valence-corrected chi connectivity index (χ4v) is 6.06. The molecule has 0 saturated heterocycles. The van der Waals surface area contributed by atoms with Crippen LogP contribution in [-0.2, 0) is 18.0 Å². The van der Waals surface area contributed by atoms with Crippen molar-refractivity contribution in [3.05, 3.63) is 53.0 Å². The van der Waals surface area contributed by atoms with Crippen LogP contribution in [0, 0.1) is 18.3 Å². The van der Waals surface area contributed by atoms with Crippen LogP contribution in [0.25, 0.3) is 11.1 Å². The lowest BCUT2D eigenvalue weighted by Gasteiger charge is -2.24. The van der Waals surface area contributed by atoms with Crippen LogP contribution in [0.5, 0.6) is 5.75 Å². The molecule has 2 N–H and O–H groups in total. The van der Waals surface area contributed by atoms with Crippen molar-refractivity contribution in [2.75, 3.05) is 18.6 Å². The molecule has 7 nitrogen and oxygen atoms in total. The Labute approximate surface area is 175 Å². The van der Waals surface area contributed by atoms with E-state index in [9.17, 15) is 9.83 Å². The first-order valence-corrected chi connectivity index (χ1v) is 12.1. The lowest BCUT2D eigenvalue weighted by Crippen LogP contribution is -2.20. The molecule has 2 atom stereocenters. The fraction of sp³-hybridized carbons (Fsp3) is 0.318. The Bertz CT molecular complexity index is 1240. The molecule has 1 aromatic carbocycles. The van der Waals surface area contributed by atoms with Gasteiger partial charge in [0.15, 0.2) is 11.6 Å². The van der Waals surface area contributed by atoms with Gasteiger partial charge in [0.1, 0.15) is 25.0 Å². The average Bonchev–Trinajstić information content (AvgIpc) is 3.02. The van der Waals surface area contributed by atoms with Gasteiger partial charge in [0.2, 0.25) is 0 Å². The molecule has 0 amide bonds. The lowest BCUT2D eigenvalue weighted by atomic mass is 10.0. The number of aryl methyl sites for hydroxylation is 3. The predicted octanol–water partition coefficient (Wildman–Crippen LogP) is 3.56. The maximum absolute atomic E-state index is 13.8. The molecular formula is C22H24N5O2P. The summed E-state index contributed by atoms with van der Waals surface area (Å²) in [6, 6.07) is 9.97. The van der Waals surface area contributed by atoms with Crippen LogP contribution in [0.3, 0.4) is 0 Å². The molecule has 154 valence electrons. The van der Waals surface area contributed by atoms with Crippen LogP contribution in [0.1, 0.15) is 35.5 Å². The van der Waals surface area contributed by atoms with Crippen molar-refractivity contribution in [3.63, 3.8) is 0 Å². The van der Waals surface area contributed by atoms with Crippen molar-refractivity contribution in [1.82, 2.24) is 14.8 Å². The van der Waals surface area contributed by atoms with Gasteiger partial charge >= 0.3 is 0 Å². The number of fused-ring (bicyclic) bond motifs is 5. The minimum Gasteiger partial charge on any atom is -0.482 e. The van der Waals surface area contributed by atoms with Crippen LogP contribution >= 0.6 is 7.14 Å². The van der Waals surface area contributed by atoms with E-state index in [0.717, 1.165) is 22.1 Å². The van der Waals surface area contributed by atoms with E-state index in [0.29, 0.717) is 35.2 Å². The van der Waals surface area contributed by atoms with Gasteiger partial charge in [0.25, 0.3) is 0 Å². The van der Waals surface area contributed by atoms with E-state index >= 15 is 0 Å². The summed E-state index contributed by atoms with van der Waals surface area (Å²) in [5.41, 5.74) is 10.6. The number of rotatable bonds is 0. The number of benzene rings is 1. The van der Waals surface area contributed by atoms with Crippen LogP contribution < -0.4 is 15.8 Å². The zero-order valence-electron chi connectivity index (χ0n) is 17.5. The second-order valence-corrected chi connectivity index (χ2v) is 11.0. The molecule has 30 heavy (non-hydrogen) atoms. The van der Waals surface area contributed by atoms with Gasteiger partial charge in [-0.15, -0.1) is 0 Å². The van der Waals surface area contributed by atoms with Gasteiger partial charge in [-0.05, 0) is 33.0 Å². The molecule has 0 aliphatic carbocycles. The largest absolute Gasteiger partial charge is 0.482 e. The predicted molar refractivity (Wildman–Crippen MR) is 118 cm³/mol. The molecule has 0 spiro atoms. The van der Waals surface area contributed by atoms with E-state index in [1.165, 1.54) is 0 Å². The molecule has 1 aliphatic heterocycles. The Morgan fingerprint density at radius 1 is 1.37 bits per heavy atom. The quantitative estimate of drug-likeness (QED) is 0.556. The molecule has 1 unspecified atom stereocenters. The van der Waals surface area contributed by atoms with Crippen molar-refractivity contribution < 1.29 is 9.30 Å². The Kier molecular flexibility index (Phi) is 4.91. The summed E-state index contributed by atoms with van der Waals surface area (Å²) in [5, 5.41) is 15.1. The Balaban J connectivity index is 1.98. The first kappa shape index (κ1) is 20.2. The summed E-state index contributed by atoms with van der Waals surface area (Å²) in [5.74, 6) is 0.693. The number of nitriles is 1. The van der Waals surface area contributed by atoms with E-state index < -0.39 is 7.14 Å². The smallest absolute Gasteiger partial charge is 0.166 e. The molecule has 0 saturated carbocycles. The second-order valence-electron chi connectivity index (χ2n) is 7.91. The van der Waals surface area contributed by atoms with Crippen molar-refractivity contribution >= 4 is 18.3 Å². The van der Waals surface area contributed by atoms with Crippen molar-refractivity contribution in [2.24, 2.45) is 7.05 Å². The number of pyridine rings is 1. The van der Waals surface area contributed by atoms with E-state index in [2.05, 4.69) is 16.2 Å². The number of nitrogen functional groups attached to an aromatic ring is 1. The van der Waals surface area contributed by atoms with E-state index in [4.69, 9.17) is 10.5 Å². The SMILES string of the molecule is Cc1ccc2c(c1)[C@@H](C)Oc1cc(cnc1N)-c1c(nn(C)c1C#N)CCP2(C)=O. The molecule has 8 heteroatoms. The fourth-order valence-electron chi connectivity index (χ4n) is 4.00. The van der Waals surface area contributed by atoms with E-state index in [1.807, 2.05) is 44.8 Å². The zero-order valence-corrected chi connectivity index (χ0v) is 18.4. The Morgan fingerprint density at radius 2 is 2.13 bits per heavy atom. The molecule has 3 heterocycles. The number of hydrogen-bond acceptors (Lipinski definition) is 6. The maximum Gasteiger partial charge on any atom is 0.166 e. The third-order valence-electron chi connectivity index (χ3n) is 5.61. The highest BCUT2D eigenvalue weighted by Crippen LogP contribution is 2.45. The van der Waals surface area contributed by atoms with Crippen molar-refractivity contribution in [2.45, 2.75) is 26.4 Å². The van der Waals surface area contributed by atoms with Crippen molar-refractivity contribution in [3.8, 4) is 22.9 Å². The third-order valence-corrected chi connectivity index (χ3v) is 8.11. The van der Waals surface area contributed by atoms with Crippen LogP contribution in [0.15, 0.2) is 30.5 Å². The summed E-state index contributed by atoms with van der Waals surface area (Å²) in [4.78, 5) is 4.30. The van der Waals surface area contributed by atoms with Gasteiger partial charge in [0, 0.05) is 41.4 Å². The maximum atomic E-state index is 13.8. The van der Waals surface area contributed by atoms with Crippen LogP contribution in [0.4, 0.5) is 5.82 Å². The molecule has 0 fully saturated rings. The highest BCUT2D eigenvalue weighted by atomic mass is 31.2. The van der Waals surface area contributed by atoms with Crippen LogP contribution in [0.2, 0.25) is 0 Å².